The molecule has 6 heteroatoms. The molecule has 0 bridgehead atoms. The minimum Gasteiger partial charge on any atom is -0.399 e. The van der Waals surface area contributed by atoms with Crippen LogP contribution in [0.3, 0.4) is 0 Å². The normalized spacial score (nSPS) is 15.1. The molecule has 0 aliphatic carbocycles. The average molecular weight is 300 g/mol. The number of carbonyl (C=O) groups is 1. The molecule has 116 valence electrons. The molecule has 1 aliphatic heterocycles. The minimum absolute atomic E-state index is 0.174. The van der Waals surface area contributed by atoms with Gasteiger partial charge in [0, 0.05) is 37.6 Å². The molecule has 2 aromatic rings. The third kappa shape index (κ3) is 3.21. The first-order chi connectivity index (χ1) is 10.6. The SMILES string of the molecule is C[n+]1ccn(CC(=O)N2CCN(c3ccc(N)cc3)CC2)c1. The number of benzene rings is 1. The quantitative estimate of drug-likeness (QED) is 0.653. The first kappa shape index (κ1) is 14.4. The lowest BCUT2D eigenvalue weighted by atomic mass is 10.2. The number of carbonyl (C=O) groups excluding carboxylic acids is 1. The fourth-order valence-corrected chi connectivity index (χ4v) is 2.75. The fourth-order valence-electron chi connectivity index (χ4n) is 2.75. The summed E-state index contributed by atoms with van der Waals surface area (Å²) in [6.45, 7) is 3.64. The van der Waals surface area contributed by atoms with Crippen molar-refractivity contribution in [2.24, 2.45) is 7.05 Å². The van der Waals surface area contributed by atoms with E-state index in [1.54, 1.807) is 0 Å². The van der Waals surface area contributed by atoms with Crippen LogP contribution in [0.4, 0.5) is 11.4 Å². The van der Waals surface area contributed by atoms with Gasteiger partial charge >= 0.3 is 0 Å². The van der Waals surface area contributed by atoms with E-state index in [-0.39, 0.29) is 5.91 Å². The first-order valence-electron chi connectivity index (χ1n) is 7.51. The van der Waals surface area contributed by atoms with Gasteiger partial charge in [-0.1, -0.05) is 0 Å². The predicted octanol–water partition coefficient (Wildman–Crippen LogP) is 0.244. The van der Waals surface area contributed by atoms with Gasteiger partial charge in [-0.05, 0) is 24.3 Å². The summed E-state index contributed by atoms with van der Waals surface area (Å²) < 4.78 is 3.85. The lowest BCUT2D eigenvalue weighted by Crippen LogP contribution is -2.49. The second-order valence-electron chi connectivity index (χ2n) is 5.71. The van der Waals surface area contributed by atoms with Crippen LogP contribution in [0.5, 0.6) is 0 Å². The zero-order chi connectivity index (χ0) is 15.5. The van der Waals surface area contributed by atoms with Gasteiger partial charge in [0.1, 0.15) is 12.4 Å². The van der Waals surface area contributed by atoms with Gasteiger partial charge in [-0.25, -0.2) is 9.13 Å². The van der Waals surface area contributed by atoms with Crippen molar-refractivity contribution in [2.75, 3.05) is 36.8 Å². The highest BCUT2D eigenvalue weighted by molar-refractivity contribution is 5.76. The van der Waals surface area contributed by atoms with Crippen LogP contribution in [-0.4, -0.2) is 41.6 Å². The Balaban J connectivity index is 1.54. The summed E-state index contributed by atoms with van der Waals surface area (Å²) in [6.07, 6.45) is 5.78. The van der Waals surface area contributed by atoms with E-state index in [0.29, 0.717) is 6.54 Å². The Labute approximate surface area is 130 Å². The number of aryl methyl sites for hydroxylation is 1. The summed E-state index contributed by atoms with van der Waals surface area (Å²) in [5.74, 6) is 0.174. The van der Waals surface area contributed by atoms with E-state index in [0.717, 1.165) is 31.9 Å². The van der Waals surface area contributed by atoms with E-state index >= 15 is 0 Å². The van der Waals surface area contributed by atoms with Crippen LogP contribution in [-0.2, 0) is 18.4 Å². The standard InChI is InChI=1S/C16H22N5O/c1-18-6-7-19(13-18)12-16(22)21-10-8-20(9-11-21)15-4-2-14(17)3-5-15/h2-7,13H,8-12,17H2,1H3/q+1. The topological polar surface area (TPSA) is 58.4 Å². The number of nitrogens with zero attached hydrogens (tertiary/aromatic N) is 4. The van der Waals surface area contributed by atoms with Crippen LogP contribution >= 0.6 is 0 Å². The van der Waals surface area contributed by atoms with E-state index in [9.17, 15) is 4.79 Å². The number of hydrogen-bond acceptors (Lipinski definition) is 3. The Kier molecular flexibility index (Phi) is 4.00. The highest BCUT2D eigenvalue weighted by Crippen LogP contribution is 2.18. The van der Waals surface area contributed by atoms with Crippen molar-refractivity contribution < 1.29 is 9.36 Å². The molecule has 0 unspecified atom stereocenters. The van der Waals surface area contributed by atoms with Gasteiger partial charge in [0.05, 0.1) is 7.05 Å². The molecule has 3 rings (SSSR count). The largest absolute Gasteiger partial charge is 0.399 e. The van der Waals surface area contributed by atoms with Crippen molar-refractivity contribution >= 4 is 17.3 Å². The molecule has 6 nitrogen and oxygen atoms in total. The number of amides is 1. The molecule has 1 aromatic carbocycles. The van der Waals surface area contributed by atoms with E-state index in [1.807, 2.05) is 64.1 Å². The molecular weight excluding hydrogens is 278 g/mol. The Morgan fingerprint density at radius 3 is 2.45 bits per heavy atom. The van der Waals surface area contributed by atoms with Crippen molar-refractivity contribution in [2.45, 2.75) is 6.54 Å². The molecule has 1 aromatic heterocycles. The summed E-state index contributed by atoms with van der Waals surface area (Å²) in [5, 5.41) is 0. The van der Waals surface area contributed by atoms with Crippen molar-refractivity contribution in [3.63, 3.8) is 0 Å². The molecule has 0 atom stereocenters. The lowest BCUT2D eigenvalue weighted by molar-refractivity contribution is -0.671. The number of piperazine rings is 1. The number of rotatable bonds is 3. The van der Waals surface area contributed by atoms with Crippen molar-refractivity contribution in [1.82, 2.24) is 9.47 Å². The summed E-state index contributed by atoms with van der Waals surface area (Å²) in [7, 11) is 1.95. The Bertz CT molecular complexity index is 641. The number of hydrogen-bond donors (Lipinski definition) is 1. The first-order valence-corrected chi connectivity index (χ1v) is 7.51. The Hall–Kier alpha value is -2.50. The maximum absolute atomic E-state index is 12.3. The molecule has 0 spiro atoms. The summed E-state index contributed by atoms with van der Waals surface area (Å²) in [6, 6.07) is 7.90. The van der Waals surface area contributed by atoms with Gasteiger partial charge in [-0.3, -0.25) is 4.79 Å². The number of imidazole rings is 1. The highest BCUT2D eigenvalue weighted by Gasteiger charge is 2.22. The van der Waals surface area contributed by atoms with Crippen LogP contribution in [0.25, 0.3) is 0 Å². The molecule has 0 saturated carbocycles. The summed E-state index contributed by atoms with van der Waals surface area (Å²) >= 11 is 0. The third-order valence-electron chi connectivity index (χ3n) is 4.03. The van der Waals surface area contributed by atoms with E-state index in [4.69, 9.17) is 5.73 Å². The number of aromatic nitrogens is 2. The van der Waals surface area contributed by atoms with Gasteiger partial charge in [-0.15, -0.1) is 0 Å². The van der Waals surface area contributed by atoms with E-state index < -0.39 is 0 Å². The summed E-state index contributed by atoms with van der Waals surface area (Å²) in [4.78, 5) is 16.6. The smallest absolute Gasteiger partial charge is 0.264 e. The number of nitrogen functional groups attached to an aromatic ring is 1. The van der Waals surface area contributed by atoms with Crippen LogP contribution in [0, 0.1) is 0 Å². The lowest BCUT2D eigenvalue weighted by Gasteiger charge is -2.35. The van der Waals surface area contributed by atoms with Crippen molar-refractivity contribution in [3.8, 4) is 0 Å². The zero-order valence-corrected chi connectivity index (χ0v) is 12.9. The van der Waals surface area contributed by atoms with E-state index in [2.05, 4.69) is 4.90 Å². The molecule has 2 heterocycles. The van der Waals surface area contributed by atoms with Crippen molar-refractivity contribution in [3.05, 3.63) is 43.0 Å². The second-order valence-corrected chi connectivity index (χ2v) is 5.71. The number of anilines is 2. The maximum atomic E-state index is 12.3. The Morgan fingerprint density at radius 1 is 1.18 bits per heavy atom. The van der Waals surface area contributed by atoms with E-state index in [1.165, 1.54) is 5.69 Å². The van der Waals surface area contributed by atoms with Gasteiger partial charge in [-0.2, -0.15) is 0 Å². The fraction of sp³-hybridized carbons (Fsp3) is 0.375. The van der Waals surface area contributed by atoms with Crippen LogP contribution in [0.1, 0.15) is 0 Å². The van der Waals surface area contributed by atoms with Gasteiger partial charge in [0.15, 0.2) is 6.54 Å². The van der Waals surface area contributed by atoms with Crippen molar-refractivity contribution in [1.29, 1.82) is 0 Å². The molecule has 1 amide bonds. The molecule has 1 saturated heterocycles. The second kappa shape index (κ2) is 6.09. The summed E-state index contributed by atoms with van der Waals surface area (Å²) in [5.41, 5.74) is 7.66. The molecule has 0 radical (unpaired) electrons. The third-order valence-corrected chi connectivity index (χ3v) is 4.03. The van der Waals surface area contributed by atoms with Crippen LogP contribution < -0.4 is 15.2 Å². The molecule has 1 aliphatic rings. The van der Waals surface area contributed by atoms with Crippen LogP contribution in [0.15, 0.2) is 43.0 Å². The van der Waals surface area contributed by atoms with Crippen LogP contribution in [0.2, 0.25) is 0 Å². The monoisotopic (exact) mass is 300 g/mol. The average Bonchev–Trinajstić information content (AvgIpc) is 2.93. The molecular formula is C16H22N5O+. The molecule has 22 heavy (non-hydrogen) atoms. The van der Waals surface area contributed by atoms with Gasteiger partial charge in [0.2, 0.25) is 6.33 Å². The number of nitrogens with two attached hydrogens (primary N) is 1. The Morgan fingerprint density at radius 2 is 1.86 bits per heavy atom. The molecule has 1 fully saturated rings. The van der Waals surface area contributed by atoms with Gasteiger partial charge < -0.3 is 15.5 Å². The molecule has 2 N–H and O–H groups in total. The maximum Gasteiger partial charge on any atom is 0.264 e. The van der Waals surface area contributed by atoms with Gasteiger partial charge in [0.25, 0.3) is 5.91 Å². The minimum atomic E-state index is 0.174. The zero-order valence-electron chi connectivity index (χ0n) is 12.9. The highest BCUT2D eigenvalue weighted by atomic mass is 16.2. The predicted molar refractivity (Wildman–Crippen MR) is 85.3 cm³/mol.